The van der Waals surface area contributed by atoms with Gasteiger partial charge in [-0.15, -0.1) is 0 Å². The molecule has 202 valence electrons. The number of imidazole rings is 1. The van der Waals surface area contributed by atoms with Crippen molar-refractivity contribution in [1.29, 1.82) is 0 Å². The lowest BCUT2D eigenvalue weighted by molar-refractivity contribution is 0.0826. The number of fused-ring (bicyclic) bond motifs is 1. The van der Waals surface area contributed by atoms with Gasteiger partial charge in [-0.25, -0.2) is 9.78 Å². The summed E-state index contributed by atoms with van der Waals surface area (Å²) < 4.78 is 1.93. The van der Waals surface area contributed by atoms with E-state index in [2.05, 4.69) is 20.6 Å². The Morgan fingerprint density at radius 2 is 1.67 bits per heavy atom. The molecule has 1 aromatic carbocycles. The van der Waals surface area contributed by atoms with Crippen LogP contribution in [0.4, 0.5) is 10.5 Å². The summed E-state index contributed by atoms with van der Waals surface area (Å²) in [5.41, 5.74) is 4.56. The summed E-state index contributed by atoms with van der Waals surface area (Å²) in [6.45, 7) is 4.37. The van der Waals surface area contributed by atoms with Crippen molar-refractivity contribution in [3.63, 3.8) is 0 Å². The fourth-order valence-electron chi connectivity index (χ4n) is 4.00. The van der Waals surface area contributed by atoms with Crippen LogP contribution in [0.1, 0.15) is 52.0 Å². The quantitative estimate of drug-likeness (QED) is 0.373. The van der Waals surface area contributed by atoms with Crippen LogP contribution in [0.3, 0.4) is 0 Å². The molecule has 3 aromatic heterocycles. The molecule has 0 aliphatic carbocycles. The molecular formula is C29H33N7O3. The molecule has 4 aromatic rings. The topological polar surface area (TPSA) is 112 Å². The molecule has 0 saturated carbocycles. The van der Waals surface area contributed by atoms with Crippen molar-refractivity contribution in [1.82, 2.24) is 29.5 Å². The molecule has 10 nitrogen and oxygen atoms in total. The van der Waals surface area contributed by atoms with E-state index in [-0.39, 0.29) is 23.8 Å². The first-order chi connectivity index (χ1) is 18.5. The third kappa shape index (κ3) is 6.06. The fraction of sp³-hybridized carbons (Fsp3) is 0.276. The van der Waals surface area contributed by atoms with Gasteiger partial charge < -0.3 is 24.8 Å². The van der Waals surface area contributed by atoms with Crippen molar-refractivity contribution in [3.8, 4) is 11.3 Å². The maximum atomic E-state index is 13.3. The molecule has 0 aliphatic heterocycles. The van der Waals surface area contributed by atoms with Crippen LogP contribution in [0.15, 0.2) is 60.9 Å². The van der Waals surface area contributed by atoms with Gasteiger partial charge in [0.1, 0.15) is 5.82 Å². The van der Waals surface area contributed by atoms with Crippen LogP contribution in [0.25, 0.3) is 16.8 Å². The summed E-state index contributed by atoms with van der Waals surface area (Å²) in [5.74, 6) is 0.474. The zero-order valence-electron chi connectivity index (χ0n) is 23.0. The number of nitrogens with zero attached hydrogens (tertiary/aromatic N) is 5. The molecule has 4 amide bonds. The number of anilines is 1. The van der Waals surface area contributed by atoms with Crippen LogP contribution in [0, 0.1) is 0 Å². The van der Waals surface area contributed by atoms with E-state index in [0.717, 1.165) is 17.0 Å². The summed E-state index contributed by atoms with van der Waals surface area (Å²) in [6, 6.07) is 14.4. The van der Waals surface area contributed by atoms with Gasteiger partial charge in [0.2, 0.25) is 0 Å². The second-order valence-corrected chi connectivity index (χ2v) is 9.98. The van der Waals surface area contributed by atoms with E-state index in [1.807, 2.05) is 48.7 Å². The monoisotopic (exact) mass is 527 g/mol. The zero-order chi connectivity index (χ0) is 28.3. The first kappa shape index (κ1) is 27.3. The van der Waals surface area contributed by atoms with E-state index in [0.29, 0.717) is 34.7 Å². The number of aromatic nitrogens is 3. The molecule has 0 saturated heterocycles. The minimum Gasteiger partial charge on any atom is -0.347 e. The highest BCUT2D eigenvalue weighted by molar-refractivity contribution is 6.00. The number of pyridine rings is 2. The first-order valence-corrected chi connectivity index (χ1v) is 12.6. The van der Waals surface area contributed by atoms with E-state index >= 15 is 0 Å². The number of rotatable bonds is 7. The number of amides is 4. The van der Waals surface area contributed by atoms with Gasteiger partial charge in [0.25, 0.3) is 11.8 Å². The van der Waals surface area contributed by atoms with Crippen LogP contribution in [-0.4, -0.2) is 70.2 Å². The fourth-order valence-corrected chi connectivity index (χ4v) is 4.00. The Balaban J connectivity index is 1.56. The summed E-state index contributed by atoms with van der Waals surface area (Å²) >= 11 is 0. The molecule has 4 rings (SSSR count). The van der Waals surface area contributed by atoms with Crippen molar-refractivity contribution in [2.75, 3.05) is 33.5 Å². The van der Waals surface area contributed by atoms with Crippen molar-refractivity contribution in [2.24, 2.45) is 0 Å². The second kappa shape index (κ2) is 11.3. The number of hydrogen-bond donors (Lipinski definition) is 2. The highest BCUT2D eigenvalue weighted by Gasteiger charge is 2.20. The molecule has 0 radical (unpaired) electrons. The largest absolute Gasteiger partial charge is 0.347 e. The molecule has 0 unspecified atom stereocenters. The molecule has 39 heavy (non-hydrogen) atoms. The highest BCUT2D eigenvalue weighted by atomic mass is 16.2. The van der Waals surface area contributed by atoms with Gasteiger partial charge in [-0.3, -0.25) is 14.6 Å². The number of nitrogens with one attached hydrogen (secondary N) is 2. The molecule has 0 spiro atoms. The van der Waals surface area contributed by atoms with Crippen molar-refractivity contribution >= 4 is 29.0 Å². The van der Waals surface area contributed by atoms with Gasteiger partial charge in [-0.2, -0.15) is 0 Å². The smallest absolute Gasteiger partial charge is 0.321 e. The molecule has 0 bridgehead atoms. The average molecular weight is 528 g/mol. The van der Waals surface area contributed by atoms with Gasteiger partial charge >= 0.3 is 6.03 Å². The van der Waals surface area contributed by atoms with Gasteiger partial charge in [-0.05, 0) is 42.0 Å². The van der Waals surface area contributed by atoms with Crippen molar-refractivity contribution in [3.05, 3.63) is 83.6 Å². The second-order valence-electron chi connectivity index (χ2n) is 9.98. The number of urea groups is 1. The van der Waals surface area contributed by atoms with Crippen LogP contribution < -0.4 is 10.6 Å². The van der Waals surface area contributed by atoms with Crippen LogP contribution in [-0.2, 0) is 6.54 Å². The highest BCUT2D eigenvalue weighted by Crippen LogP contribution is 2.25. The van der Waals surface area contributed by atoms with Crippen LogP contribution >= 0.6 is 0 Å². The SMILES string of the molecule is CC(C)c1nc(C(=O)NCc2ccc(NC(=O)N(C)C)cc2)c2cc(-c3ccc(C(=O)N(C)C)cn3)ccn12. The maximum Gasteiger partial charge on any atom is 0.321 e. The summed E-state index contributed by atoms with van der Waals surface area (Å²) in [7, 11) is 6.74. The van der Waals surface area contributed by atoms with Crippen LogP contribution in [0.2, 0.25) is 0 Å². The lowest BCUT2D eigenvalue weighted by atomic mass is 10.1. The van der Waals surface area contributed by atoms with E-state index in [9.17, 15) is 14.4 Å². The predicted molar refractivity (Wildman–Crippen MR) is 151 cm³/mol. The zero-order valence-corrected chi connectivity index (χ0v) is 23.0. The molecule has 0 atom stereocenters. The summed E-state index contributed by atoms with van der Waals surface area (Å²) in [6.07, 6.45) is 3.45. The summed E-state index contributed by atoms with van der Waals surface area (Å²) in [4.78, 5) is 49.5. The normalized spacial score (nSPS) is 10.9. The minimum absolute atomic E-state index is 0.101. The first-order valence-electron chi connectivity index (χ1n) is 12.6. The number of hydrogen-bond acceptors (Lipinski definition) is 5. The van der Waals surface area contributed by atoms with Gasteiger partial charge in [0, 0.05) is 64.3 Å². The Bertz CT molecular complexity index is 1500. The van der Waals surface area contributed by atoms with Crippen LogP contribution in [0.5, 0.6) is 0 Å². The Hall–Kier alpha value is -4.73. The average Bonchev–Trinajstić information content (AvgIpc) is 3.31. The number of carbonyl (C=O) groups is 3. The predicted octanol–water partition coefficient (Wildman–Crippen LogP) is 4.25. The lowest BCUT2D eigenvalue weighted by Crippen LogP contribution is -2.27. The maximum absolute atomic E-state index is 13.3. The van der Waals surface area contributed by atoms with E-state index < -0.39 is 0 Å². The lowest BCUT2D eigenvalue weighted by Gasteiger charge is -2.12. The molecular weight excluding hydrogens is 494 g/mol. The number of benzene rings is 1. The molecule has 10 heteroatoms. The Kier molecular flexibility index (Phi) is 7.94. The summed E-state index contributed by atoms with van der Waals surface area (Å²) in [5, 5.41) is 5.75. The molecule has 3 heterocycles. The Morgan fingerprint density at radius 3 is 2.26 bits per heavy atom. The van der Waals surface area contributed by atoms with E-state index in [1.54, 1.807) is 58.7 Å². The van der Waals surface area contributed by atoms with Gasteiger partial charge in [0.15, 0.2) is 5.69 Å². The molecule has 0 aliphatic rings. The van der Waals surface area contributed by atoms with Crippen molar-refractivity contribution in [2.45, 2.75) is 26.3 Å². The minimum atomic E-state index is -0.290. The molecule has 0 fully saturated rings. The third-order valence-corrected chi connectivity index (χ3v) is 6.18. The Morgan fingerprint density at radius 1 is 0.949 bits per heavy atom. The van der Waals surface area contributed by atoms with E-state index in [4.69, 9.17) is 0 Å². The van der Waals surface area contributed by atoms with Crippen molar-refractivity contribution < 1.29 is 14.4 Å². The third-order valence-electron chi connectivity index (χ3n) is 6.18. The van der Waals surface area contributed by atoms with Gasteiger partial charge in [0.05, 0.1) is 16.8 Å². The standard InChI is InChI=1S/C29H33N7O3/c1-18(2)26-33-25(27(37)31-16-19-7-10-22(11-8-19)32-29(39)35(5)6)24-15-20(13-14-36(24)26)23-12-9-21(17-30-23)28(38)34(3)4/h7-15,17-18H,16H2,1-6H3,(H,31,37)(H,32,39). The number of carbonyl (C=O) groups excluding carboxylic acids is 3. The van der Waals surface area contributed by atoms with E-state index in [1.165, 1.54) is 9.80 Å². The van der Waals surface area contributed by atoms with Gasteiger partial charge in [-0.1, -0.05) is 26.0 Å². The Labute approximate surface area is 227 Å². The molecule has 2 N–H and O–H groups in total.